The number of carbonyl (C=O) groups is 1. The molecule has 0 saturated heterocycles. The first kappa shape index (κ1) is 15.0. The monoisotopic (exact) mass is 332 g/mol. The molecule has 6 heteroatoms. The average molecular weight is 334 g/mol. The highest BCUT2D eigenvalue weighted by molar-refractivity contribution is 9.10. The molecule has 1 amide bonds. The highest BCUT2D eigenvalue weighted by atomic mass is 79.9. The second kappa shape index (κ2) is 7.38. The molecule has 1 aromatic rings. The molecule has 0 heterocycles. The highest BCUT2D eigenvalue weighted by Crippen LogP contribution is 2.27. The topological polar surface area (TPSA) is 50.7 Å². The van der Waals surface area contributed by atoms with E-state index in [1.54, 1.807) is 24.4 Å². The summed E-state index contributed by atoms with van der Waals surface area (Å²) in [6, 6.07) is 5.18. The average Bonchev–Trinajstić information content (AvgIpc) is 2.27. The van der Waals surface area contributed by atoms with Crippen LogP contribution in [0.4, 0.5) is 0 Å². The van der Waals surface area contributed by atoms with Crippen molar-refractivity contribution in [2.75, 3.05) is 6.61 Å². The number of rotatable bonds is 5. The van der Waals surface area contributed by atoms with Gasteiger partial charge in [0.2, 0.25) is 0 Å². The summed E-state index contributed by atoms with van der Waals surface area (Å²) >= 11 is 9.23. The lowest BCUT2D eigenvalue weighted by Gasteiger charge is -2.07. The van der Waals surface area contributed by atoms with Crippen molar-refractivity contribution in [1.29, 1.82) is 0 Å². The van der Waals surface area contributed by atoms with Gasteiger partial charge >= 0.3 is 0 Å². The van der Waals surface area contributed by atoms with Gasteiger partial charge in [-0.2, -0.15) is 5.10 Å². The summed E-state index contributed by atoms with van der Waals surface area (Å²) in [6.07, 6.45) is 1.64. The van der Waals surface area contributed by atoms with Gasteiger partial charge < -0.3 is 4.74 Å². The molecule has 0 aliphatic heterocycles. The fourth-order valence-corrected chi connectivity index (χ4v) is 1.75. The predicted molar refractivity (Wildman–Crippen MR) is 76.1 cm³/mol. The number of carbonyl (C=O) groups excluding carboxylic acids is 1. The Kier molecular flexibility index (Phi) is 6.15. The van der Waals surface area contributed by atoms with Crippen LogP contribution in [0, 0.1) is 5.92 Å². The van der Waals surface area contributed by atoms with Crippen LogP contribution in [0.1, 0.15) is 13.8 Å². The molecular formula is C12H14BrClN2O2. The standard InChI is InChI=1S/C12H14BrClN2O2/c1-8(2)6-15-16-12(17)7-18-11-4-3-9(13)5-10(11)14/h3-6,8H,7H2,1-2H3,(H,16,17). The van der Waals surface area contributed by atoms with Crippen LogP contribution in [0.15, 0.2) is 27.8 Å². The molecule has 0 aliphatic rings. The van der Waals surface area contributed by atoms with Gasteiger partial charge in [-0.1, -0.05) is 41.4 Å². The van der Waals surface area contributed by atoms with Crippen LogP contribution in [0.2, 0.25) is 5.02 Å². The Hall–Kier alpha value is -1.07. The van der Waals surface area contributed by atoms with E-state index in [1.807, 2.05) is 13.8 Å². The normalized spacial score (nSPS) is 10.9. The number of nitrogens with one attached hydrogen (secondary N) is 1. The molecule has 1 rings (SSSR count). The van der Waals surface area contributed by atoms with Gasteiger partial charge in [0, 0.05) is 10.7 Å². The number of halogens is 2. The number of amides is 1. The van der Waals surface area contributed by atoms with E-state index in [4.69, 9.17) is 16.3 Å². The molecule has 0 aromatic heterocycles. The minimum atomic E-state index is -0.328. The molecule has 18 heavy (non-hydrogen) atoms. The second-order valence-corrected chi connectivity index (χ2v) is 5.24. The first-order chi connectivity index (χ1) is 8.49. The van der Waals surface area contributed by atoms with E-state index in [0.29, 0.717) is 10.8 Å². The zero-order valence-electron chi connectivity index (χ0n) is 10.1. The van der Waals surface area contributed by atoms with E-state index in [2.05, 4.69) is 26.5 Å². The van der Waals surface area contributed by atoms with Crippen molar-refractivity contribution in [3.63, 3.8) is 0 Å². The van der Waals surface area contributed by atoms with Crippen LogP contribution in [-0.2, 0) is 4.79 Å². The zero-order valence-corrected chi connectivity index (χ0v) is 12.5. The number of ether oxygens (including phenoxy) is 1. The molecule has 0 bridgehead atoms. The molecule has 4 nitrogen and oxygen atoms in total. The van der Waals surface area contributed by atoms with Crippen molar-refractivity contribution >= 4 is 39.7 Å². The van der Waals surface area contributed by atoms with E-state index in [-0.39, 0.29) is 18.4 Å². The van der Waals surface area contributed by atoms with E-state index < -0.39 is 0 Å². The van der Waals surface area contributed by atoms with Crippen molar-refractivity contribution in [3.05, 3.63) is 27.7 Å². The van der Waals surface area contributed by atoms with Crippen molar-refractivity contribution in [2.24, 2.45) is 11.0 Å². The maximum absolute atomic E-state index is 11.4. The molecular weight excluding hydrogens is 320 g/mol. The van der Waals surface area contributed by atoms with E-state index in [1.165, 1.54) is 0 Å². The van der Waals surface area contributed by atoms with Gasteiger partial charge in [-0.3, -0.25) is 4.79 Å². The zero-order chi connectivity index (χ0) is 13.5. The Labute approximate surface area is 119 Å². The lowest BCUT2D eigenvalue weighted by atomic mass is 10.3. The van der Waals surface area contributed by atoms with Gasteiger partial charge in [-0.15, -0.1) is 0 Å². The summed E-state index contributed by atoms with van der Waals surface area (Å²) in [5, 5.41) is 4.22. The van der Waals surface area contributed by atoms with Crippen LogP contribution in [0.3, 0.4) is 0 Å². The van der Waals surface area contributed by atoms with Gasteiger partial charge in [0.1, 0.15) is 5.75 Å². The Balaban J connectivity index is 2.43. The second-order valence-electron chi connectivity index (χ2n) is 3.92. The van der Waals surface area contributed by atoms with Gasteiger partial charge in [0.15, 0.2) is 6.61 Å². The van der Waals surface area contributed by atoms with E-state index in [9.17, 15) is 4.79 Å². The molecule has 0 spiro atoms. The van der Waals surface area contributed by atoms with Crippen LogP contribution in [0.25, 0.3) is 0 Å². The van der Waals surface area contributed by atoms with Crippen LogP contribution in [0.5, 0.6) is 5.75 Å². The molecule has 0 unspecified atom stereocenters. The molecule has 0 aliphatic carbocycles. The lowest BCUT2D eigenvalue weighted by Crippen LogP contribution is -2.24. The molecule has 0 fully saturated rings. The third-order valence-electron chi connectivity index (χ3n) is 1.81. The SMILES string of the molecule is CC(C)C=NNC(=O)COc1ccc(Br)cc1Cl. The van der Waals surface area contributed by atoms with Crippen molar-refractivity contribution < 1.29 is 9.53 Å². The smallest absolute Gasteiger partial charge is 0.277 e. The van der Waals surface area contributed by atoms with Crippen LogP contribution >= 0.6 is 27.5 Å². The number of hydrazone groups is 1. The number of benzene rings is 1. The molecule has 0 saturated carbocycles. The predicted octanol–water partition coefficient (Wildman–Crippen LogP) is 3.24. The summed E-state index contributed by atoms with van der Waals surface area (Å²) in [7, 11) is 0. The molecule has 0 atom stereocenters. The summed E-state index contributed by atoms with van der Waals surface area (Å²) < 4.78 is 6.13. The fourth-order valence-electron chi connectivity index (χ4n) is 1.03. The van der Waals surface area contributed by atoms with E-state index >= 15 is 0 Å². The highest BCUT2D eigenvalue weighted by Gasteiger charge is 2.05. The van der Waals surface area contributed by atoms with Gasteiger partial charge in [-0.05, 0) is 24.1 Å². The fraction of sp³-hybridized carbons (Fsp3) is 0.333. The first-order valence-corrected chi connectivity index (χ1v) is 6.56. The van der Waals surface area contributed by atoms with Crippen molar-refractivity contribution in [3.8, 4) is 5.75 Å². The lowest BCUT2D eigenvalue weighted by molar-refractivity contribution is -0.123. The quantitative estimate of drug-likeness (QED) is 0.664. The minimum Gasteiger partial charge on any atom is -0.482 e. The van der Waals surface area contributed by atoms with Gasteiger partial charge in [0.25, 0.3) is 5.91 Å². The Morgan fingerprint density at radius 2 is 2.33 bits per heavy atom. The number of nitrogens with zero attached hydrogens (tertiary/aromatic N) is 1. The molecule has 1 aromatic carbocycles. The maximum Gasteiger partial charge on any atom is 0.277 e. The maximum atomic E-state index is 11.4. The summed E-state index contributed by atoms with van der Waals surface area (Å²) in [6.45, 7) is 3.80. The third-order valence-corrected chi connectivity index (χ3v) is 2.60. The Morgan fingerprint density at radius 3 is 2.94 bits per heavy atom. The molecule has 98 valence electrons. The summed E-state index contributed by atoms with van der Waals surface area (Å²) in [5.74, 6) is 0.417. The van der Waals surface area contributed by atoms with Gasteiger partial charge in [0.05, 0.1) is 5.02 Å². The van der Waals surface area contributed by atoms with Gasteiger partial charge in [-0.25, -0.2) is 5.43 Å². The minimum absolute atomic E-state index is 0.128. The Morgan fingerprint density at radius 1 is 1.61 bits per heavy atom. The third kappa shape index (κ3) is 5.51. The van der Waals surface area contributed by atoms with Crippen molar-refractivity contribution in [2.45, 2.75) is 13.8 Å². The summed E-state index contributed by atoms with van der Waals surface area (Å²) in [5.41, 5.74) is 2.37. The molecule has 1 N–H and O–H groups in total. The number of hydrogen-bond donors (Lipinski definition) is 1. The molecule has 0 radical (unpaired) electrons. The van der Waals surface area contributed by atoms with Crippen molar-refractivity contribution in [1.82, 2.24) is 5.43 Å². The Bertz CT molecular complexity index is 450. The van der Waals surface area contributed by atoms with Crippen LogP contribution < -0.4 is 10.2 Å². The summed E-state index contributed by atoms with van der Waals surface area (Å²) in [4.78, 5) is 11.4. The largest absolute Gasteiger partial charge is 0.482 e. The number of hydrogen-bond acceptors (Lipinski definition) is 3. The van der Waals surface area contributed by atoms with E-state index in [0.717, 1.165) is 4.47 Å². The first-order valence-electron chi connectivity index (χ1n) is 5.39. The van der Waals surface area contributed by atoms with Crippen LogP contribution in [-0.4, -0.2) is 18.7 Å².